The highest BCUT2D eigenvalue weighted by Crippen LogP contribution is 2.45. The van der Waals surface area contributed by atoms with Crippen LogP contribution in [0.25, 0.3) is 0 Å². The van der Waals surface area contributed by atoms with Gasteiger partial charge in [0.1, 0.15) is 25.4 Å². The molecule has 0 amide bonds. The van der Waals surface area contributed by atoms with Crippen molar-refractivity contribution in [3.63, 3.8) is 0 Å². The van der Waals surface area contributed by atoms with Gasteiger partial charge in [0.25, 0.3) is 0 Å². The van der Waals surface area contributed by atoms with Crippen molar-refractivity contribution in [1.29, 1.82) is 0 Å². The van der Waals surface area contributed by atoms with Gasteiger partial charge in [-0.25, -0.2) is 9.13 Å². The lowest BCUT2D eigenvalue weighted by Crippen LogP contribution is -2.30. The van der Waals surface area contributed by atoms with Gasteiger partial charge in [-0.3, -0.25) is 32.5 Å². The highest BCUT2D eigenvalue weighted by atomic mass is 31.2. The second kappa shape index (κ2) is 66.7. The standard InChI is InChI=1S/C75H118O16P2/c1-4-7-10-13-16-19-22-25-28-31-33-34-36-39-40-43-46-49-52-55-58-61-73(78)85-64-70(76)65-87-92(81,82)88-66-71(77)67-89-93(83,84)90-69-72(91-75(80)63-60-57-54-51-48-45-42-37-30-27-24-21-18-15-12-9-6-3)68-86-74(79)62-59-56-53-50-47-44-41-38-35-32-29-26-23-20-17-14-11-8-5-2/h8-9,11-12,16-21,25-30,33-35,38-40,42,44-45,47,51,53-54,56,70-72,76-77H,4-7,10,13-15,22-24,31-32,36-37,41,43,46,48-50,52,55,57-69H2,1-3H3,(H,81,82)(H,83,84)/b11-8-,12-9-,19-16-,20-17-,21-18-,28-25-,29-26-,30-27-,34-33-,38-35-,40-39-,45-42-,47-44-,54-51-,56-53-. The fraction of sp³-hybridized carbons (Fsp3) is 0.560. The lowest BCUT2D eigenvalue weighted by atomic mass is 10.1. The number of hydrogen-bond acceptors (Lipinski definition) is 14. The van der Waals surface area contributed by atoms with Gasteiger partial charge in [-0.2, -0.15) is 0 Å². The maximum Gasteiger partial charge on any atom is 0.472 e. The van der Waals surface area contributed by atoms with Crippen molar-refractivity contribution in [2.24, 2.45) is 0 Å². The summed E-state index contributed by atoms with van der Waals surface area (Å²) in [5.74, 6) is -1.78. The summed E-state index contributed by atoms with van der Waals surface area (Å²) in [5.41, 5.74) is 0. The van der Waals surface area contributed by atoms with Gasteiger partial charge in [0.15, 0.2) is 6.10 Å². The number of carbonyl (C=O) groups is 3. The van der Waals surface area contributed by atoms with Crippen LogP contribution in [-0.4, -0.2) is 95.9 Å². The number of aliphatic hydroxyl groups excluding tert-OH is 2. The first-order chi connectivity index (χ1) is 45.2. The van der Waals surface area contributed by atoms with Crippen LogP contribution in [0.5, 0.6) is 0 Å². The molecule has 0 fully saturated rings. The van der Waals surface area contributed by atoms with E-state index in [0.717, 1.165) is 116 Å². The molecule has 0 aromatic carbocycles. The second-order valence-corrected chi connectivity index (χ2v) is 24.8. The Bertz CT molecular complexity index is 2420. The highest BCUT2D eigenvalue weighted by Gasteiger charge is 2.29. The number of aliphatic hydroxyl groups is 2. The lowest BCUT2D eigenvalue weighted by molar-refractivity contribution is -0.161. The van der Waals surface area contributed by atoms with Gasteiger partial charge in [-0.15, -0.1) is 0 Å². The zero-order valence-electron chi connectivity index (χ0n) is 56.6. The van der Waals surface area contributed by atoms with E-state index in [0.29, 0.717) is 32.1 Å². The highest BCUT2D eigenvalue weighted by molar-refractivity contribution is 7.47. The van der Waals surface area contributed by atoms with Crippen molar-refractivity contribution in [3.05, 3.63) is 182 Å². The number of esters is 3. The Kier molecular flexibility index (Phi) is 62.8. The van der Waals surface area contributed by atoms with Gasteiger partial charge in [0.05, 0.1) is 26.4 Å². The first-order valence-electron chi connectivity index (χ1n) is 34.1. The number of phosphoric acid groups is 2. The van der Waals surface area contributed by atoms with Crippen LogP contribution in [0, 0.1) is 0 Å². The normalized spacial score (nSPS) is 15.3. The predicted octanol–water partition coefficient (Wildman–Crippen LogP) is 19.1. The predicted molar refractivity (Wildman–Crippen MR) is 380 cm³/mol. The van der Waals surface area contributed by atoms with Crippen molar-refractivity contribution in [2.75, 3.05) is 39.6 Å². The van der Waals surface area contributed by atoms with Crippen molar-refractivity contribution in [1.82, 2.24) is 0 Å². The Morgan fingerprint density at radius 1 is 0.312 bits per heavy atom. The molecule has 0 radical (unpaired) electrons. The first kappa shape index (κ1) is 87.7. The molecule has 0 aliphatic carbocycles. The molecule has 0 aliphatic rings. The molecule has 0 heterocycles. The van der Waals surface area contributed by atoms with E-state index in [2.05, 4.69) is 173 Å². The molecule has 5 atom stereocenters. The summed E-state index contributed by atoms with van der Waals surface area (Å²) >= 11 is 0. The zero-order valence-corrected chi connectivity index (χ0v) is 58.4. The van der Waals surface area contributed by atoms with Gasteiger partial charge in [-0.1, -0.05) is 235 Å². The molecule has 0 bridgehead atoms. The average molecular weight is 1340 g/mol. The third kappa shape index (κ3) is 67.9. The summed E-state index contributed by atoms with van der Waals surface area (Å²) in [6.45, 7) is 2.18. The molecule has 93 heavy (non-hydrogen) atoms. The summed E-state index contributed by atoms with van der Waals surface area (Å²) in [4.78, 5) is 58.3. The minimum Gasteiger partial charge on any atom is -0.463 e. The van der Waals surface area contributed by atoms with Crippen LogP contribution in [-0.2, 0) is 55.8 Å². The van der Waals surface area contributed by atoms with Crippen LogP contribution in [0.3, 0.4) is 0 Å². The van der Waals surface area contributed by atoms with Crippen LogP contribution in [0.1, 0.15) is 213 Å². The van der Waals surface area contributed by atoms with Crippen LogP contribution >= 0.6 is 15.6 Å². The van der Waals surface area contributed by atoms with Crippen molar-refractivity contribution >= 4 is 33.6 Å². The number of ether oxygens (including phenoxy) is 3. The molecule has 0 aromatic rings. The largest absolute Gasteiger partial charge is 0.472 e. The minimum atomic E-state index is -4.97. The number of unbranched alkanes of at least 4 members (excludes halogenated alkanes) is 9. The topological polar surface area (TPSA) is 231 Å². The van der Waals surface area contributed by atoms with E-state index in [1.54, 1.807) is 0 Å². The number of allylic oxidation sites excluding steroid dienone is 30. The van der Waals surface area contributed by atoms with Gasteiger partial charge >= 0.3 is 33.6 Å². The number of hydrogen-bond donors (Lipinski definition) is 4. The van der Waals surface area contributed by atoms with E-state index >= 15 is 0 Å². The van der Waals surface area contributed by atoms with Gasteiger partial charge in [-0.05, 0) is 141 Å². The van der Waals surface area contributed by atoms with Crippen LogP contribution in [0.15, 0.2) is 182 Å². The quantitative estimate of drug-likeness (QED) is 0.0146. The molecule has 0 saturated heterocycles. The summed E-state index contributed by atoms with van der Waals surface area (Å²) < 4.78 is 60.7. The molecule has 524 valence electrons. The van der Waals surface area contributed by atoms with Crippen molar-refractivity contribution < 1.29 is 75.8 Å². The minimum absolute atomic E-state index is 0.00139. The SMILES string of the molecule is CC/C=C\C/C=C\C/C=C\C/C=C\C/C=C\C/C=C\CCC(=O)OCC(COP(=O)(O)OCC(O)COP(=O)(O)OCC(O)COC(=O)CCCCCCC/C=C\C/C=C\C/C=C\C/C=C\CCCCC)OC(=O)CCC/C=C\C/C=C\C/C=C\C/C=C\C/C=C\CC. The van der Waals surface area contributed by atoms with E-state index in [-0.39, 0.29) is 19.3 Å². The molecule has 4 N–H and O–H groups in total. The molecule has 18 heteroatoms. The Balaban J connectivity index is 4.85. The molecular formula is C75H118O16P2. The Hall–Kier alpha value is -5.35. The van der Waals surface area contributed by atoms with Gasteiger partial charge in [0, 0.05) is 19.3 Å². The summed E-state index contributed by atoms with van der Waals surface area (Å²) in [6, 6.07) is 0. The number of phosphoric ester groups is 2. The Morgan fingerprint density at radius 3 is 1.00 bits per heavy atom. The third-order valence-corrected chi connectivity index (χ3v) is 15.0. The summed E-state index contributed by atoms with van der Waals surface area (Å²) in [7, 11) is -9.84. The molecule has 0 saturated carbocycles. The van der Waals surface area contributed by atoms with Gasteiger partial charge in [0.2, 0.25) is 0 Å². The fourth-order valence-electron chi connectivity index (χ4n) is 7.97. The van der Waals surface area contributed by atoms with Crippen molar-refractivity contribution in [3.8, 4) is 0 Å². The van der Waals surface area contributed by atoms with E-state index in [9.17, 15) is 43.5 Å². The third-order valence-electron chi connectivity index (χ3n) is 13.1. The number of rotatable bonds is 62. The van der Waals surface area contributed by atoms with E-state index in [1.165, 1.54) is 25.7 Å². The zero-order chi connectivity index (χ0) is 68.1. The molecule has 0 aliphatic heterocycles. The van der Waals surface area contributed by atoms with Crippen LogP contribution < -0.4 is 0 Å². The smallest absolute Gasteiger partial charge is 0.463 e. The summed E-state index contributed by atoms with van der Waals surface area (Å²) in [5, 5.41) is 20.5. The van der Waals surface area contributed by atoms with Crippen LogP contribution in [0.2, 0.25) is 0 Å². The van der Waals surface area contributed by atoms with E-state index < -0.39 is 91.5 Å². The van der Waals surface area contributed by atoms with E-state index in [4.69, 9.17) is 32.3 Å². The maximum atomic E-state index is 12.9. The molecular weight excluding hydrogens is 1220 g/mol. The molecule has 0 aromatic heterocycles. The average Bonchev–Trinajstić information content (AvgIpc) is 3.70. The number of carbonyl (C=O) groups excluding carboxylic acids is 3. The molecule has 0 spiro atoms. The monoisotopic (exact) mass is 1340 g/mol. The lowest BCUT2D eigenvalue weighted by Gasteiger charge is -2.21. The second-order valence-electron chi connectivity index (χ2n) is 21.9. The van der Waals surface area contributed by atoms with Crippen molar-refractivity contribution in [2.45, 2.75) is 232 Å². The fourth-order valence-corrected chi connectivity index (χ4v) is 9.55. The Morgan fingerprint density at radius 2 is 0.602 bits per heavy atom. The van der Waals surface area contributed by atoms with Crippen LogP contribution in [0.4, 0.5) is 0 Å². The molecule has 5 unspecified atom stereocenters. The van der Waals surface area contributed by atoms with Gasteiger partial charge < -0.3 is 34.2 Å². The summed E-state index contributed by atoms with van der Waals surface area (Å²) in [6.07, 6.45) is 84.0. The molecule has 16 nitrogen and oxygen atoms in total. The molecule has 0 rings (SSSR count). The Labute approximate surface area is 560 Å². The first-order valence-corrected chi connectivity index (χ1v) is 37.1. The van der Waals surface area contributed by atoms with E-state index in [1.807, 2.05) is 30.4 Å². The maximum absolute atomic E-state index is 12.9.